The van der Waals surface area contributed by atoms with Crippen LogP contribution in [0.15, 0.2) is 35.1 Å². The van der Waals surface area contributed by atoms with E-state index in [1.54, 1.807) is 12.1 Å². The van der Waals surface area contributed by atoms with Crippen LogP contribution in [0, 0.1) is 10.6 Å². The molecule has 0 atom stereocenters. The van der Waals surface area contributed by atoms with Crippen LogP contribution in [0.25, 0.3) is 10.9 Å². The Kier molecular flexibility index (Phi) is 6.85. The first kappa shape index (κ1) is 23.1. The van der Waals surface area contributed by atoms with Crippen LogP contribution in [0.1, 0.15) is 35.8 Å². The number of nitrogens with zero attached hydrogens (tertiary/aromatic N) is 3. The number of carbonyl (C=O) groups excluding carboxylic acids is 1. The van der Waals surface area contributed by atoms with Crippen molar-refractivity contribution >= 4 is 34.7 Å². The second-order valence-electron chi connectivity index (χ2n) is 8.05. The lowest BCUT2D eigenvalue weighted by molar-refractivity contribution is 0.0957. The average Bonchev–Trinajstić information content (AvgIpc) is 3.64. The molecule has 1 aliphatic rings. The molecule has 4 rings (SSSR count). The Hall–Kier alpha value is -3.11. The van der Waals surface area contributed by atoms with E-state index >= 15 is 0 Å². The van der Waals surface area contributed by atoms with Crippen LogP contribution in [0.5, 0.6) is 0 Å². The average molecular weight is 471 g/mol. The van der Waals surface area contributed by atoms with E-state index in [4.69, 9.17) is 12.2 Å². The van der Waals surface area contributed by atoms with Crippen LogP contribution >= 0.6 is 12.2 Å². The van der Waals surface area contributed by atoms with Gasteiger partial charge in [0.25, 0.3) is 5.91 Å². The van der Waals surface area contributed by atoms with E-state index in [1.807, 2.05) is 30.0 Å². The van der Waals surface area contributed by atoms with Crippen LogP contribution in [-0.4, -0.2) is 46.6 Å². The number of aromatic nitrogens is 3. The van der Waals surface area contributed by atoms with Gasteiger partial charge in [-0.2, -0.15) is 4.39 Å². The maximum absolute atomic E-state index is 14.6. The third-order valence-corrected chi connectivity index (χ3v) is 6.25. The van der Waals surface area contributed by atoms with Gasteiger partial charge in [0.05, 0.1) is 11.2 Å². The molecule has 10 heteroatoms. The zero-order chi connectivity index (χ0) is 23.5. The highest BCUT2D eigenvalue weighted by Gasteiger charge is 2.31. The molecule has 2 heterocycles. The number of anilines is 1. The van der Waals surface area contributed by atoms with E-state index < -0.39 is 11.9 Å². The van der Waals surface area contributed by atoms with Crippen molar-refractivity contribution in [1.82, 2.24) is 25.2 Å². The summed E-state index contributed by atoms with van der Waals surface area (Å²) in [6, 6.07) is 9.31. The molecule has 0 spiro atoms. The molecule has 0 radical (unpaired) electrons. The highest BCUT2D eigenvalue weighted by atomic mass is 32.1. The summed E-state index contributed by atoms with van der Waals surface area (Å²) >= 11 is 5.44. The van der Waals surface area contributed by atoms with Crippen molar-refractivity contribution in [2.75, 3.05) is 25.0 Å². The summed E-state index contributed by atoms with van der Waals surface area (Å²) in [6.07, 6.45) is 2.02. The summed E-state index contributed by atoms with van der Waals surface area (Å²) in [5, 5.41) is 6.69. The van der Waals surface area contributed by atoms with E-state index in [0.29, 0.717) is 36.5 Å². The number of nitrogens with one attached hydrogen (secondary N) is 3. The van der Waals surface area contributed by atoms with Crippen molar-refractivity contribution in [2.45, 2.75) is 38.9 Å². The third-order valence-electron chi connectivity index (χ3n) is 5.81. The van der Waals surface area contributed by atoms with Crippen LogP contribution in [0.4, 0.5) is 10.1 Å². The summed E-state index contributed by atoms with van der Waals surface area (Å²) in [5.41, 5.74) is 2.00. The lowest BCUT2D eigenvalue weighted by Crippen LogP contribution is -2.34. The van der Waals surface area contributed by atoms with Crippen LogP contribution in [0.2, 0.25) is 0 Å². The summed E-state index contributed by atoms with van der Waals surface area (Å²) in [7, 11) is 1.49. The number of halogens is 1. The molecule has 33 heavy (non-hydrogen) atoms. The number of H-pyrrole nitrogens is 1. The predicted molar refractivity (Wildman–Crippen MR) is 129 cm³/mol. The smallest absolute Gasteiger partial charge is 0.326 e. The molecule has 8 nitrogen and oxygen atoms in total. The van der Waals surface area contributed by atoms with Gasteiger partial charge in [0, 0.05) is 44.7 Å². The number of fused-ring (bicyclic) bond motifs is 1. The number of hydrogen-bond donors (Lipinski definition) is 3. The van der Waals surface area contributed by atoms with Crippen molar-refractivity contribution in [1.29, 1.82) is 0 Å². The van der Waals surface area contributed by atoms with E-state index in [1.165, 1.54) is 11.6 Å². The zero-order valence-electron chi connectivity index (χ0n) is 18.7. The molecule has 0 unspecified atom stereocenters. The Bertz CT molecular complexity index is 1300. The Morgan fingerprint density at radius 2 is 2.12 bits per heavy atom. The molecule has 1 fully saturated rings. The predicted octanol–water partition coefficient (Wildman–Crippen LogP) is 2.73. The van der Waals surface area contributed by atoms with Crippen molar-refractivity contribution < 1.29 is 9.18 Å². The first-order valence-corrected chi connectivity index (χ1v) is 11.5. The number of hydrogen-bond acceptors (Lipinski definition) is 6. The minimum Gasteiger partial charge on any atom is -0.364 e. The normalized spacial score (nSPS) is 13.3. The largest absolute Gasteiger partial charge is 0.364 e. The minimum absolute atomic E-state index is 0.0636. The number of aromatic amines is 1. The summed E-state index contributed by atoms with van der Waals surface area (Å²) < 4.78 is 16.7. The Morgan fingerprint density at radius 3 is 2.79 bits per heavy atom. The molecule has 1 aliphatic carbocycles. The van der Waals surface area contributed by atoms with Crippen LogP contribution in [0.3, 0.4) is 0 Å². The second-order valence-corrected chi connectivity index (χ2v) is 8.43. The molecule has 0 saturated heterocycles. The van der Waals surface area contributed by atoms with Gasteiger partial charge in [-0.1, -0.05) is 18.3 Å². The minimum atomic E-state index is -0.634. The van der Waals surface area contributed by atoms with Crippen molar-refractivity contribution in [3.05, 3.63) is 62.7 Å². The van der Waals surface area contributed by atoms with Crippen LogP contribution < -0.4 is 21.2 Å². The molecule has 3 aromatic rings. The van der Waals surface area contributed by atoms with Crippen LogP contribution in [-0.2, 0) is 13.1 Å². The van der Waals surface area contributed by atoms with Crippen molar-refractivity contribution in [3.63, 3.8) is 0 Å². The highest BCUT2D eigenvalue weighted by molar-refractivity contribution is 7.71. The van der Waals surface area contributed by atoms with E-state index in [0.717, 1.165) is 29.3 Å². The van der Waals surface area contributed by atoms with Gasteiger partial charge >= 0.3 is 5.69 Å². The molecule has 1 saturated carbocycles. The molecule has 3 N–H and O–H groups in total. The van der Waals surface area contributed by atoms with E-state index in [2.05, 4.69) is 20.6 Å². The molecule has 174 valence electrons. The molecule has 0 aliphatic heterocycles. The lowest BCUT2D eigenvalue weighted by atomic mass is 10.1. The van der Waals surface area contributed by atoms with Crippen molar-refractivity contribution in [2.24, 2.45) is 0 Å². The van der Waals surface area contributed by atoms with Gasteiger partial charge in [-0.3, -0.25) is 9.36 Å². The Balaban J connectivity index is 1.41. The number of rotatable bonds is 9. The van der Waals surface area contributed by atoms with Gasteiger partial charge in [-0.25, -0.2) is 9.78 Å². The van der Waals surface area contributed by atoms with Gasteiger partial charge in [-0.05, 0) is 49.6 Å². The fraction of sp³-hybridized carbons (Fsp3) is 0.391. The van der Waals surface area contributed by atoms with Crippen molar-refractivity contribution in [3.8, 4) is 0 Å². The third kappa shape index (κ3) is 4.96. The molecule has 0 bridgehead atoms. The Labute approximate surface area is 195 Å². The van der Waals surface area contributed by atoms with Gasteiger partial charge < -0.3 is 20.5 Å². The van der Waals surface area contributed by atoms with Gasteiger partial charge in [0.1, 0.15) is 10.3 Å². The first-order valence-electron chi connectivity index (χ1n) is 11.0. The first-order chi connectivity index (χ1) is 15.9. The molecular weight excluding hydrogens is 443 g/mol. The summed E-state index contributed by atoms with van der Waals surface area (Å²) in [5.74, 6) is -1.05. The monoisotopic (exact) mass is 470 g/mol. The standard InChI is InChI=1S/C23H27FN6O2S/c1-3-29-22(33)16-7-4-14(12-18(16)28-23(29)32)13-26-10-11-30(15-5-6-15)19-9-8-17(21(31)25-2)27-20(19)24/h4,7-9,12,15,26H,3,5-6,10-11,13H2,1-2H3,(H,25,31)(H,28,32). The van der Waals surface area contributed by atoms with E-state index in [-0.39, 0.29) is 17.4 Å². The highest BCUT2D eigenvalue weighted by Crippen LogP contribution is 2.32. The topological polar surface area (TPSA) is 95.0 Å². The second kappa shape index (κ2) is 9.80. The van der Waals surface area contributed by atoms with E-state index in [9.17, 15) is 14.0 Å². The number of carbonyl (C=O) groups is 1. The molecule has 2 aromatic heterocycles. The fourth-order valence-corrected chi connectivity index (χ4v) is 4.30. The molecule has 1 aromatic carbocycles. The summed E-state index contributed by atoms with van der Waals surface area (Å²) in [4.78, 5) is 32.6. The number of benzene rings is 1. The SMILES string of the molecule is CCn1c(=O)[nH]c2cc(CNCCN(c3ccc(C(=O)NC)nc3F)C3CC3)ccc2c1=S. The Morgan fingerprint density at radius 1 is 1.33 bits per heavy atom. The number of pyridine rings is 1. The van der Waals surface area contributed by atoms with Gasteiger partial charge in [0.15, 0.2) is 0 Å². The number of amides is 1. The maximum atomic E-state index is 14.6. The lowest BCUT2D eigenvalue weighted by Gasteiger charge is -2.25. The fourth-order valence-electron chi connectivity index (χ4n) is 3.91. The zero-order valence-corrected chi connectivity index (χ0v) is 19.5. The van der Waals surface area contributed by atoms with Gasteiger partial charge in [-0.15, -0.1) is 0 Å². The molecular formula is C23H27FN6O2S. The molecule has 1 amide bonds. The quantitative estimate of drug-likeness (QED) is 0.253. The summed E-state index contributed by atoms with van der Waals surface area (Å²) in [6.45, 7) is 4.26. The maximum Gasteiger partial charge on any atom is 0.326 e. The van der Waals surface area contributed by atoms with Gasteiger partial charge in [0.2, 0.25) is 5.95 Å².